The maximum absolute atomic E-state index is 5.95. The molecule has 2 rings (SSSR count). The molecule has 0 atom stereocenters. The second-order valence-electron chi connectivity index (χ2n) is 5.22. The number of aryl methyl sites for hydroxylation is 1. The van der Waals surface area contributed by atoms with Crippen LogP contribution in [0.5, 0.6) is 0 Å². The van der Waals surface area contributed by atoms with Gasteiger partial charge < -0.3 is 10.6 Å². The lowest BCUT2D eigenvalue weighted by molar-refractivity contribution is 0.854. The van der Waals surface area contributed by atoms with Crippen molar-refractivity contribution in [3.63, 3.8) is 0 Å². The van der Waals surface area contributed by atoms with Gasteiger partial charge in [0.25, 0.3) is 0 Å². The molecule has 0 aliphatic rings. The van der Waals surface area contributed by atoms with Crippen molar-refractivity contribution in [2.75, 3.05) is 17.6 Å². The van der Waals surface area contributed by atoms with Crippen LogP contribution in [-0.4, -0.2) is 17.4 Å². The zero-order chi connectivity index (χ0) is 16.5. The molecule has 23 heavy (non-hydrogen) atoms. The van der Waals surface area contributed by atoms with Crippen LogP contribution in [0, 0.1) is 6.92 Å². The number of nitrogens with one attached hydrogen (secondary N) is 2. The summed E-state index contributed by atoms with van der Waals surface area (Å²) in [5, 5.41) is 7.70. The number of halogens is 1. The molecule has 0 bridgehead atoms. The predicted molar refractivity (Wildman–Crippen MR) is 108 cm³/mol. The number of thioether (sulfide) groups is 1. The molecule has 0 aliphatic heterocycles. The minimum atomic E-state index is 0.635. The van der Waals surface area contributed by atoms with Crippen LogP contribution in [0.15, 0.2) is 48.5 Å². The highest BCUT2D eigenvalue weighted by Gasteiger charge is 1.99. The van der Waals surface area contributed by atoms with Crippen LogP contribution in [0.4, 0.5) is 5.69 Å². The van der Waals surface area contributed by atoms with Gasteiger partial charge in [-0.15, -0.1) is 0 Å². The molecule has 0 aromatic heterocycles. The third-order valence-corrected chi connectivity index (χ3v) is 4.93. The highest BCUT2D eigenvalue weighted by atomic mass is 35.5. The van der Waals surface area contributed by atoms with Crippen LogP contribution in [0.3, 0.4) is 0 Å². The first-order chi connectivity index (χ1) is 11.1. The topological polar surface area (TPSA) is 24.1 Å². The van der Waals surface area contributed by atoms with E-state index in [2.05, 4.69) is 41.8 Å². The lowest BCUT2D eigenvalue weighted by Gasteiger charge is -2.10. The largest absolute Gasteiger partial charge is 0.362 e. The third-order valence-electron chi connectivity index (χ3n) is 3.35. The molecule has 2 nitrogen and oxygen atoms in total. The van der Waals surface area contributed by atoms with E-state index in [0.717, 1.165) is 30.2 Å². The van der Waals surface area contributed by atoms with E-state index in [-0.39, 0.29) is 0 Å². The number of thiocarbonyl (C=S) groups is 1. The van der Waals surface area contributed by atoms with Gasteiger partial charge in [0.2, 0.25) is 0 Å². The normalized spacial score (nSPS) is 10.3. The zero-order valence-corrected chi connectivity index (χ0v) is 15.5. The minimum Gasteiger partial charge on any atom is -0.362 e. The number of anilines is 1. The third kappa shape index (κ3) is 6.81. The van der Waals surface area contributed by atoms with Crippen molar-refractivity contribution in [1.29, 1.82) is 0 Å². The molecule has 5 heteroatoms. The Balaban J connectivity index is 1.58. The van der Waals surface area contributed by atoms with Crippen molar-refractivity contribution in [2.45, 2.75) is 19.1 Å². The molecule has 0 aliphatic carbocycles. The zero-order valence-electron chi connectivity index (χ0n) is 13.1. The molecule has 0 saturated heterocycles. The first-order valence-corrected chi connectivity index (χ1v) is 9.52. The predicted octanol–water partition coefficient (Wildman–Crippen LogP) is 5.26. The van der Waals surface area contributed by atoms with Gasteiger partial charge >= 0.3 is 0 Å². The Labute approximate surface area is 153 Å². The molecular formula is C18H21ClN2S2. The SMILES string of the molecule is Cc1ccccc1CSCCCNC(=S)Nc1cccc(Cl)c1. The molecule has 0 unspecified atom stereocenters. The number of hydrogen-bond acceptors (Lipinski definition) is 2. The maximum atomic E-state index is 5.95. The highest BCUT2D eigenvalue weighted by molar-refractivity contribution is 7.98. The summed E-state index contributed by atoms with van der Waals surface area (Å²) >= 11 is 13.2. The van der Waals surface area contributed by atoms with E-state index in [0.29, 0.717) is 10.1 Å². The summed E-state index contributed by atoms with van der Waals surface area (Å²) in [5.74, 6) is 2.18. The van der Waals surface area contributed by atoms with E-state index < -0.39 is 0 Å². The van der Waals surface area contributed by atoms with Crippen molar-refractivity contribution < 1.29 is 0 Å². The number of rotatable bonds is 7. The van der Waals surface area contributed by atoms with Crippen molar-refractivity contribution in [2.24, 2.45) is 0 Å². The Morgan fingerprint density at radius 3 is 2.78 bits per heavy atom. The maximum Gasteiger partial charge on any atom is 0.170 e. The van der Waals surface area contributed by atoms with Crippen LogP contribution in [-0.2, 0) is 5.75 Å². The second-order valence-corrected chi connectivity index (χ2v) is 7.17. The monoisotopic (exact) mass is 364 g/mol. The van der Waals surface area contributed by atoms with E-state index in [1.807, 2.05) is 36.0 Å². The molecule has 2 aromatic rings. The van der Waals surface area contributed by atoms with E-state index in [4.69, 9.17) is 23.8 Å². The Bertz CT molecular complexity index is 646. The van der Waals surface area contributed by atoms with E-state index in [9.17, 15) is 0 Å². The molecule has 0 saturated carbocycles. The van der Waals surface area contributed by atoms with Gasteiger partial charge in [-0.25, -0.2) is 0 Å². The first-order valence-electron chi connectivity index (χ1n) is 7.58. The second kappa shape index (κ2) is 9.81. The van der Waals surface area contributed by atoms with E-state index >= 15 is 0 Å². The van der Waals surface area contributed by atoms with Gasteiger partial charge in [-0.05, 0) is 60.6 Å². The summed E-state index contributed by atoms with van der Waals surface area (Å²) in [7, 11) is 0. The van der Waals surface area contributed by atoms with Crippen molar-refractivity contribution in [1.82, 2.24) is 5.32 Å². The lowest BCUT2D eigenvalue weighted by atomic mass is 10.1. The standard InChI is InChI=1S/C18H21ClN2S2/c1-14-6-2-3-7-15(14)13-23-11-5-10-20-18(22)21-17-9-4-8-16(19)12-17/h2-4,6-9,12H,5,10-11,13H2,1H3,(H2,20,21,22). The lowest BCUT2D eigenvalue weighted by Crippen LogP contribution is -2.29. The van der Waals surface area contributed by atoms with Gasteiger partial charge in [0.05, 0.1) is 0 Å². The molecule has 0 spiro atoms. The van der Waals surface area contributed by atoms with Gasteiger partial charge in [0.15, 0.2) is 5.11 Å². The Hall–Kier alpha value is -1.23. The first kappa shape index (κ1) is 18.1. The van der Waals surface area contributed by atoms with Crippen molar-refractivity contribution >= 4 is 46.4 Å². The van der Waals surface area contributed by atoms with Crippen molar-refractivity contribution in [3.8, 4) is 0 Å². The van der Waals surface area contributed by atoms with Crippen LogP contribution < -0.4 is 10.6 Å². The fraction of sp³-hybridized carbons (Fsp3) is 0.278. The Morgan fingerprint density at radius 1 is 1.17 bits per heavy atom. The molecule has 0 amide bonds. The van der Waals surface area contributed by atoms with Crippen LogP contribution in [0.2, 0.25) is 5.02 Å². The quantitative estimate of drug-likeness (QED) is 0.517. The van der Waals surface area contributed by atoms with Crippen LogP contribution >= 0.6 is 35.6 Å². The summed E-state index contributed by atoms with van der Waals surface area (Å²) in [6.45, 7) is 3.03. The number of hydrogen-bond donors (Lipinski definition) is 2. The fourth-order valence-electron chi connectivity index (χ4n) is 2.07. The minimum absolute atomic E-state index is 0.635. The molecule has 122 valence electrons. The average Bonchev–Trinajstić information content (AvgIpc) is 2.52. The van der Waals surface area contributed by atoms with Gasteiger partial charge in [-0.3, -0.25) is 0 Å². The van der Waals surface area contributed by atoms with Gasteiger partial charge in [-0.2, -0.15) is 11.8 Å². The molecular weight excluding hydrogens is 344 g/mol. The Kier molecular flexibility index (Phi) is 7.72. The molecule has 2 N–H and O–H groups in total. The summed E-state index contributed by atoms with van der Waals surface area (Å²) in [6, 6.07) is 16.1. The molecule has 0 fully saturated rings. The number of benzene rings is 2. The smallest absolute Gasteiger partial charge is 0.170 e. The van der Waals surface area contributed by atoms with Crippen LogP contribution in [0.25, 0.3) is 0 Å². The Morgan fingerprint density at radius 2 is 2.00 bits per heavy atom. The average molecular weight is 365 g/mol. The van der Waals surface area contributed by atoms with Gasteiger partial charge in [0.1, 0.15) is 0 Å². The highest BCUT2D eigenvalue weighted by Crippen LogP contribution is 2.16. The fourth-order valence-corrected chi connectivity index (χ4v) is 3.52. The van der Waals surface area contributed by atoms with E-state index in [1.165, 1.54) is 11.1 Å². The summed E-state index contributed by atoms with van der Waals surface area (Å²) in [4.78, 5) is 0. The van der Waals surface area contributed by atoms with Gasteiger partial charge in [0, 0.05) is 23.0 Å². The molecule has 0 radical (unpaired) electrons. The molecule has 0 heterocycles. The summed E-state index contributed by atoms with van der Waals surface area (Å²) in [5.41, 5.74) is 3.69. The van der Waals surface area contributed by atoms with E-state index in [1.54, 1.807) is 0 Å². The summed E-state index contributed by atoms with van der Waals surface area (Å²) in [6.07, 6.45) is 1.08. The van der Waals surface area contributed by atoms with Gasteiger partial charge in [-0.1, -0.05) is 41.9 Å². The van der Waals surface area contributed by atoms with Crippen LogP contribution in [0.1, 0.15) is 17.5 Å². The summed E-state index contributed by atoms with van der Waals surface area (Å²) < 4.78 is 0. The molecule has 2 aromatic carbocycles. The van der Waals surface area contributed by atoms with Crippen molar-refractivity contribution in [3.05, 3.63) is 64.7 Å².